The Hall–Kier alpha value is -3.35. The fraction of sp³-hybridized carbons (Fsp3) is 0.0625. The first kappa shape index (κ1) is 14.6. The van der Waals surface area contributed by atoms with Gasteiger partial charge in [0.05, 0.1) is 22.5 Å². The summed E-state index contributed by atoms with van der Waals surface area (Å²) in [7, 11) is 0. The number of amides is 1. The van der Waals surface area contributed by atoms with Crippen molar-refractivity contribution in [3.05, 3.63) is 42.0 Å². The van der Waals surface area contributed by atoms with Gasteiger partial charge in [0.1, 0.15) is 5.75 Å². The van der Waals surface area contributed by atoms with Crippen molar-refractivity contribution in [3.8, 4) is 23.0 Å². The van der Waals surface area contributed by atoms with E-state index in [4.69, 9.17) is 0 Å². The third kappa shape index (κ3) is 2.48. The monoisotopic (exact) mass is 314 g/mol. The first-order valence-corrected chi connectivity index (χ1v) is 6.80. The van der Waals surface area contributed by atoms with Gasteiger partial charge in [0, 0.05) is 12.6 Å². The van der Waals surface area contributed by atoms with Crippen molar-refractivity contribution in [2.24, 2.45) is 0 Å². The molecule has 1 heterocycles. The van der Waals surface area contributed by atoms with Crippen LogP contribution < -0.4 is 10.6 Å². The summed E-state index contributed by atoms with van der Waals surface area (Å²) in [6.45, 7) is 0.306. The normalized spacial score (nSPS) is 12.8. The van der Waals surface area contributed by atoms with Crippen LogP contribution in [0.5, 0.6) is 23.0 Å². The average molecular weight is 314 g/mol. The molecule has 7 nitrogen and oxygen atoms in total. The molecule has 0 aliphatic carbocycles. The van der Waals surface area contributed by atoms with Crippen LogP contribution in [0.1, 0.15) is 5.56 Å². The summed E-state index contributed by atoms with van der Waals surface area (Å²) in [4.78, 5) is 12.5. The molecule has 6 N–H and O–H groups in total. The van der Waals surface area contributed by atoms with Crippen LogP contribution in [0.4, 0.5) is 11.4 Å². The fourth-order valence-electron chi connectivity index (χ4n) is 2.40. The van der Waals surface area contributed by atoms with Crippen LogP contribution in [0.25, 0.3) is 5.57 Å². The summed E-state index contributed by atoms with van der Waals surface area (Å²) in [5.74, 6) is -2.43. The molecular weight excluding hydrogens is 300 g/mol. The Balaban J connectivity index is 1.99. The average Bonchev–Trinajstić information content (AvgIpc) is 2.54. The minimum atomic E-state index is -0.700. The number of aromatic hydroxyl groups is 4. The van der Waals surface area contributed by atoms with Crippen LogP contribution in [0.15, 0.2) is 36.4 Å². The predicted octanol–water partition coefficient (Wildman–Crippen LogP) is 1.96. The predicted molar refractivity (Wildman–Crippen MR) is 84.6 cm³/mol. The molecule has 0 atom stereocenters. The minimum Gasteiger partial charge on any atom is -0.506 e. The number of phenols is 4. The zero-order chi connectivity index (χ0) is 16.6. The highest BCUT2D eigenvalue weighted by Crippen LogP contribution is 2.46. The number of benzene rings is 2. The number of fused-ring (bicyclic) bond motifs is 1. The van der Waals surface area contributed by atoms with Gasteiger partial charge in [0.15, 0.2) is 11.5 Å². The molecule has 0 saturated carbocycles. The number of hydrogen-bond acceptors (Lipinski definition) is 6. The van der Waals surface area contributed by atoms with Crippen LogP contribution in [0.3, 0.4) is 0 Å². The number of para-hydroxylation sites is 2. The summed E-state index contributed by atoms with van der Waals surface area (Å²) < 4.78 is 0. The maximum absolute atomic E-state index is 12.5. The van der Waals surface area contributed by atoms with Gasteiger partial charge in [-0.25, -0.2) is 0 Å². The highest BCUT2D eigenvalue weighted by molar-refractivity contribution is 6.28. The third-order valence-electron chi connectivity index (χ3n) is 3.52. The van der Waals surface area contributed by atoms with Gasteiger partial charge in [-0.2, -0.15) is 0 Å². The lowest BCUT2D eigenvalue weighted by Gasteiger charge is -2.21. The van der Waals surface area contributed by atoms with E-state index < -0.39 is 23.2 Å². The van der Waals surface area contributed by atoms with Crippen LogP contribution in [0.2, 0.25) is 0 Å². The first-order valence-electron chi connectivity index (χ1n) is 6.80. The van der Waals surface area contributed by atoms with Crippen molar-refractivity contribution in [3.63, 3.8) is 0 Å². The van der Waals surface area contributed by atoms with Crippen molar-refractivity contribution >= 4 is 22.9 Å². The maximum atomic E-state index is 12.5. The second-order valence-corrected chi connectivity index (χ2v) is 4.99. The molecule has 0 fully saturated rings. The molecule has 0 unspecified atom stereocenters. The molecule has 0 radical (unpaired) electrons. The molecule has 0 aromatic heterocycles. The lowest BCUT2D eigenvalue weighted by molar-refractivity contribution is -0.111. The first-order chi connectivity index (χ1) is 11.0. The largest absolute Gasteiger partial charge is 0.506 e. The number of hydrogen-bond donors (Lipinski definition) is 6. The summed E-state index contributed by atoms with van der Waals surface area (Å²) >= 11 is 0. The van der Waals surface area contributed by atoms with Gasteiger partial charge in [-0.05, 0) is 12.1 Å². The number of carbonyl (C=O) groups excluding carboxylic acids is 1. The van der Waals surface area contributed by atoms with Gasteiger partial charge in [0.25, 0.3) is 5.91 Å². The van der Waals surface area contributed by atoms with Gasteiger partial charge in [0.2, 0.25) is 5.75 Å². The Labute approximate surface area is 131 Å². The highest BCUT2D eigenvalue weighted by Gasteiger charge is 2.26. The van der Waals surface area contributed by atoms with Crippen molar-refractivity contribution in [2.75, 3.05) is 17.2 Å². The Morgan fingerprint density at radius 2 is 1.78 bits per heavy atom. The molecule has 118 valence electrons. The van der Waals surface area contributed by atoms with E-state index in [0.717, 1.165) is 0 Å². The second kappa shape index (κ2) is 5.45. The number of nitrogens with one attached hydrogen (secondary N) is 2. The lowest BCUT2D eigenvalue weighted by Crippen LogP contribution is -2.19. The van der Waals surface area contributed by atoms with Gasteiger partial charge >= 0.3 is 0 Å². The van der Waals surface area contributed by atoms with E-state index >= 15 is 0 Å². The zero-order valence-corrected chi connectivity index (χ0v) is 11.9. The Kier molecular flexibility index (Phi) is 3.46. The second-order valence-electron chi connectivity index (χ2n) is 4.99. The van der Waals surface area contributed by atoms with E-state index in [2.05, 4.69) is 10.6 Å². The number of carbonyl (C=O) groups is 1. The summed E-state index contributed by atoms with van der Waals surface area (Å²) in [5.41, 5.74) is 0.748. The molecule has 23 heavy (non-hydrogen) atoms. The van der Waals surface area contributed by atoms with Crippen LogP contribution >= 0.6 is 0 Å². The molecule has 1 aliphatic rings. The SMILES string of the molecule is O=C(Nc1ccccc1O)C1=CCNc2cc(O)c(O)c(O)c21. The van der Waals surface area contributed by atoms with Crippen LogP contribution in [0, 0.1) is 0 Å². The van der Waals surface area contributed by atoms with Crippen molar-refractivity contribution in [1.29, 1.82) is 0 Å². The Bertz CT molecular complexity index is 829. The van der Waals surface area contributed by atoms with Crippen LogP contribution in [-0.4, -0.2) is 32.9 Å². The molecular formula is C16H14N2O5. The smallest absolute Gasteiger partial charge is 0.256 e. The molecule has 7 heteroatoms. The van der Waals surface area contributed by atoms with E-state index in [1.54, 1.807) is 12.1 Å². The number of anilines is 2. The minimum absolute atomic E-state index is 0.0828. The molecule has 3 rings (SSSR count). The zero-order valence-electron chi connectivity index (χ0n) is 11.9. The van der Waals surface area contributed by atoms with Crippen molar-refractivity contribution < 1.29 is 25.2 Å². The quantitative estimate of drug-likeness (QED) is 0.372. The summed E-state index contributed by atoms with van der Waals surface area (Å²) in [6, 6.07) is 7.47. The van der Waals surface area contributed by atoms with E-state index in [9.17, 15) is 25.2 Å². The summed E-state index contributed by atoms with van der Waals surface area (Å²) in [5, 5.41) is 44.4. The maximum Gasteiger partial charge on any atom is 0.256 e. The molecule has 1 amide bonds. The molecule has 2 aromatic carbocycles. The topological polar surface area (TPSA) is 122 Å². The van der Waals surface area contributed by atoms with Crippen molar-refractivity contribution in [1.82, 2.24) is 0 Å². The van der Waals surface area contributed by atoms with E-state index in [0.29, 0.717) is 12.2 Å². The Morgan fingerprint density at radius 1 is 1.04 bits per heavy atom. The fourth-order valence-corrected chi connectivity index (χ4v) is 2.40. The number of rotatable bonds is 2. The van der Waals surface area contributed by atoms with Crippen LogP contribution in [-0.2, 0) is 4.79 Å². The van der Waals surface area contributed by atoms with E-state index in [1.807, 2.05) is 0 Å². The van der Waals surface area contributed by atoms with Gasteiger partial charge < -0.3 is 31.1 Å². The summed E-state index contributed by atoms with van der Waals surface area (Å²) in [6.07, 6.45) is 1.54. The molecule has 0 bridgehead atoms. The molecule has 2 aromatic rings. The molecule has 0 spiro atoms. The van der Waals surface area contributed by atoms with Gasteiger partial charge in [-0.15, -0.1) is 0 Å². The Morgan fingerprint density at radius 3 is 2.52 bits per heavy atom. The lowest BCUT2D eigenvalue weighted by atomic mass is 9.97. The highest BCUT2D eigenvalue weighted by atomic mass is 16.3. The van der Waals surface area contributed by atoms with E-state index in [1.165, 1.54) is 24.3 Å². The van der Waals surface area contributed by atoms with Gasteiger partial charge in [-0.1, -0.05) is 18.2 Å². The van der Waals surface area contributed by atoms with Crippen molar-refractivity contribution in [2.45, 2.75) is 0 Å². The molecule has 1 aliphatic heterocycles. The molecule has 0 saturated heterocycles. The van der Waals surface area contributed by atoms with Gasteiger partial charge in [-0.3, -0.25) is 4.79 Å². The third-order valence-corrected chi connectivity index (χ3v) is 3.52. The van der Waals surface area contributed by atoms with E-state index in [-0.39, 0.29) is 22.6 Å². The standard InChI is InChI=1S/C16H14N2O5/c19-11-4-2-1-3-9(11)18-16(23)8-5-6-17-10-7-12(20)14(21)15(22)13(8)10/h1-5,7,17,19-22H,6H2,(H,18,23). The number of phenolic OH excluding ortho intramolecular Hbond substituents is 4.